The Labute approximate surface area is 121 Å². The van der Waals surface area contributed by atoms with Crippen LogP contribution in [0.4, 0.5) is 18.9 Å². The van der Waals surface area contributed by atoms with E-state index in [1.807, 2.05) is 26.8 Å². The van der Waals surface area contributed by atoms with Gasteiger partial charge in [-0.3, -0.25) is 0 Å². The highest BCUT2D eigenvalue weighted by Crippen LogP contribution is 2.36. The number of rotatable bonds is 2. The Morgan fingerprint density at radius 3 is 2.24 bits per heavy atom. The number of alkyl halides is 3. The minimum absolute atomic E-state index is 0.0156. The van der Waals surface area contributed by atoms with E-state index in [0.717, 1.165) is 28.8 Å². The summed E-state index contributed by atoms with van der Waals surface area (Å²) in [5.41, 5.74) is 7.61. The second kappa shape index (κ2) is 5.31. The first kappa shape index (κ1) is 15.2. The molecular formula is C16H16F3NO. The van der Waals surface area contributed by atoms with E-state index in [1.54, 1.807) is 6.07 Å². The first-order valence-electron chi connectivity index (χ1n) is 6.40. The lowest BCUT2D eigenvalue weighted by atomic mass is 10.1. The zero-order chi connectivity index (χ0) is 15.8. The lowest BCUT2D eigenvalue weighted by Gasteiger charge is -2.14. The fourth-order valence-electron chi connectivity index (χ4n) is 2.08. The number of nitrogens with two attached hydrogens (primary N) is 1. The summed E-state index contributed by atoms with van der Waals surface area (Å²) in [7, 11) is 0. The second-order valence-corrected chi connectivity index (χ2v) is 5.10. The van der Waals surface area contributed by atoms with Crippen LogP contribution in [0.3, 0.4) is 0 Å². The molecule has 0 aliphatic heterocycles. The Bertz CT molecular complexity index is 678. The highest BCUT2D eigenvalue weighted by Gasteiger charge is 2.31. The molecule has 2 N–H and O–H groups in total. The van der Waals surface area contributed by atoms with Gasteiger partial charge < -0.3 is 10.5 Å². The molecule has 0 atom stereocenters. The quantitative estimate of drug-likeness (QED) is 0.791. The third kappa shape index (κ3) is 3.48. The Morgan fingerprint density at radius 1 is 0.952 bits per heavy atom. The highest BCUT2D eigenvalue weighted by atomic mass is 19.4. The number of benzene rings is 2. The maximum atomic E-state index is 12.8. The average Bonchev–Trinajstić information content (AvgIpc) is 2.33. The van der Waals surface area contributed by atoms with Crippen molar-refractivity contribution in [3.8, 4) is 11.5 Å². The lowest BCUT2D eigenvalue weighted by Crippen LogP contribution is -2.06. The van der Waals surface area contributed by atoms with Crippen LogP contribution in [-0.4, -0.2) is 0 Å². The molecule has 2 rings (SSSR count). The number of anilines is 1. The summed E-state index contributed by atoms with van der Waals surface area (Å²) in [4.78, 5) is 0. The van der Waals surface area contributed by atoms with Crippen LogP contribution in [0, 0.1) is 20.8 Å². The van der Waals surface area contributed by atoms with Gasteiger partial charge in [0.25, 0.3) is 0 Å². The van der Waals surface area contributed by atoms with E-state index in [-0.39, 0.29) is 11.4 Å². The van der Waals surface area contributed by atoms with Gasteiger partial charge in [0.1, 0.15) is 11.5 Å². The normalized spacial score (nSPS) is 11.5. The van der Waals surface area contributed by atoms with Crippen LogP contribution in [0.1, 0.15) is 22.3 Å². The second-order valence-electron chi connectivity index (χ2n) is 5.10. The van der Waals surface area contributed by atoms with Gasteiger partial charge in [0.15, 0.2) is 0 Å². The molecule has 0 bridgehead atoms. The van der Waals surface area contributed by atoms with E-state index in [4.69, 9.17) is 10.5 Å². The molecule has 0 unspecified atom stereocenters. The topological polar surface area (TPSA) is 35.2 Å². The minimum atomic E-state index is -4.45. The van der Waals surface area contributed by atoms with Gasteiger partial charge in [-0.25, -0.2) is 0 Å². The molecule has 0 heterocycles. The van der Waals surface area contributed by atoms with Crippen molar-refractivity contribution in [1.82, 2.24) is 0 Å². The smallest absolute Gasteiger partial charge is 0.416 e. The minimum Gasteiger partial charge on any atom is -0.457 e. The molecule has 0 saturated carbocycles. The van der Waals surface area contributed by atoms with Gasteiger partial charge >= 0.3 is 6.18 Å². The SMILES string of the molecule is Cc1cc(C)c(C)c(Oc2cc(N)cc(C(F)(F)F)c2)c1. The number of ether oxygens (including phenoxy) is 1. The first-order valence-corrected chi connectivity index (χ1v) is 6.40. The molecule has 0 aliphatic carbocycles. The van der Waals surface area contributed by atoms with E-state index in [0.29, 0.717) is 5.75 Å². The number of halogens is 3. The van der Waals surface area contributed by atoms with Crippen molar-refractivity contribution in [3.63, 3.8) is 0 Å². The number of hydrogen-bond acceptors (Lipinski definition) is 2. The molecule has 2 nitrogen and oxygen atoms in total. The molecule has 0 radical (unpaired) electrons. The Kier molecular flexibility index (Phi) is 3.85. The molecule has 2 aromatic carbocycles. The maximum absolute atomic E-state index is 12.8. The lowest BCUT2D eigenvalue weighted by molar-refractivity contribution is -0.137. The van der Waals surface area contributed by atoms with Crippen LogP contribution < -0.4 is 10.5 Å². The van der Waals surface area contributed by atoms with Crippen molar-refractivity contribution >= 4 is 5.69 Å². The molecule has 0 spiro atoms. The van der Waals surface area contributed by atoms with Crippen molar-refractivity contribution in [2.45, 2.75) is 26.9 Å². The zero-order valence-electron chi connectivity index (χ0n) is 12.0. The summed E-state index contributed by atoms with van der Waals surface area (Å²) < 4.78 is 44.0. The van der Waals surface area contributed by atoms with Crippen LogP contribution in [0.2, 0.25) is 0 Å². The summed E-state index contributed by atoms with van der Waals surface area (Å²) in [5.74, 6) is 0.613. The van der Waals surface area contributed by atoms with Crippen LogP contribution >= 0.6 is 0 Å². The van der Waals surface area contributed by atoms with Gasteiger partial charge in [-0.15, -0.1) is 0 Å². The van der Waals surface area contributed by atoms with E-state index in [2.05, 4.69) is 0 Å². The fraction of sp³-hybridized carbons (Fsp3) is 0.250. The van der Waals surface area contributed by atoms with Gasteiger partial charge in [-0.05, 0) is 55.7 Å². The van der Waals surface area contributed by atoms with E-state index >= 15 is 0 Å². The molecule has 112 valence electrons. The molecule has 0 saturated heterocycles. The molecule has 0 fully saturated rings. The highest BCUT2D eigenvalue weighted by molar-refractivity contribution is 5.51. The van der Waals surface area contributed by atoms with E-state index < -0.39 is 11.7 Å². The number of aryl methyl sites for hydroxylation is 2. The van der Waals surface area contributed by atoms with Crippen molar-refractivity contribution in [2.24, 2.45) is 0 Å². The summed E-state index contributed by atoms with van der Waals surface area (Å²) in [6.07, 6.45) is -4.45. The fourth-order valence-corrected chi connectivity index (χ4v) is 2.08. The van der Waals surface area contributed by atoms with Crippen LogP contribution in [0.5, 0.6) is 11.5 Å². The Balaban J connectivity index is 2.43. The van der Waals surface area contributed by atoms with Gasteiger partial charge in [-0.1, -0.05) is 6.07 Å². The third-order valence-electron chi connectivity index (χ3n) is 3.25. The first-order chi connectivity index (χ1) is 9.66. The summed E-state index contributed by atoms with van der Waals surface area (Å²) >= 11 is 0. The number of hydrogen-bond donors (Lipinski definition) is 1. The van der Waals surface area contributed by atoms with Gasteiger partial charge in [-0.2, -0.15) is 13.2 Å². The van der Waals surface area contributed by atoms with Gasteiger partial charge in [0.05, 0.1) is 5.56 Å². The third-order valence-corrected chi connectivity index (χ3v) is 3.25. The van der Waals surface area contributed by atoms with Crippen molar-refractivity contribution < 1.29 is 17.9 Å². The van der Waals surface area contributed by atoms with Gasteiger partial charge in [0, 0.05) is 11.8 Å². The molecular weight excluding hydrogens is 279 g/mol. The standard InChI is InChI=1S/C16H16F3NO/c1-9-4-10(2)11(3)15(5-9)21-14-7-12(16(17,18)19)6-13(20)8-14/h4-8H,20H2,1-3H3. The maximum Gasteiger partial charge on any atom is 0.416 e. The summed E-state index contributed by atoms with van der Waals surface area (Å²) in [5, 5.41) is 0. The predicted octanol–water partition coefficient (Wildman–Crippen LogP) is 5.01. The summed E-state index contributed by atoms with van der Waals surface area (Å²) in [6, 6.07) is 7.00. The van der Waals surface area contributed by atoms with E-state index in [1.165, 1.54) is 6.07 Å². The molecule has 0 amide bonds. The average molecular weight is 295 g/mol. The van der Waals surface area contributed by atoms with Crippen LogP contribution in [0.25, 0.3) is 0 Å². The number of nitrogen functional groups attached to an aromatic ring is 1. The van der Waals surface area contributed by atoms with Crippen molar-refractivity contribution in [3.05, 3.63) is 52.6 Å². The van der Waals surface area contributed by atoms with Crippen LogP contribution in [-0.2, 0) is 6.18 Å². The zero-order valence-corrected chi connectivity index (χ0v) is 12.0. The molecule has 2 aromatic rings. The van der Waals surface area contributed by atoms with Crippen LogP contribution in [0.15, 0.2) is 30.3 Å². The van der Waals surface area contributed by atoms with Crippen molar-refractivity contribution in [2.75, 3.05) is 5.73 Å². The predicted molar refractivity (Wildman–Crippen MR) is 76.6 cm³/mol. The molecule has 0 aliphatic rings. The Morgan fingerprint density at radius 2 is 1.62 bits per heavy atom. The monoisotopic (exact) mass is 295 g/mol. The largest absolute Gasteiger partial charge is 0.457 e. The Hall–Kier alpha value is -2.17. The molecule has 0 aromatic heterocycles. The van der Waals surface area contributed by atoms with E-state index in [9.17, 15) is 13.2 Å². The van der Waals surface area contributed by atoms with Gasteiger partial charge in [0.2, 0.25) is 0 Å². The molecule has 21 heavy (non-hydrogen) atoms. The molecule has 5 heteroatoms. The van der Waals surface area contributed by atoms with Crippen molar-refractivity contribution in [1.29, 1.82) is 0 Å². The summed E-state index contributed by atoms with van der Waals surface area (Å²) in [6.45, 7) is 5.69.